The lowest BCUT2D eigenvalue weighted by Crippen LogP contribution is -2.51. The van der Waals surface area contributed by atoms with Crippen molar-refractivity contribution in [2.24, 2.45) is 17.3 Å². The summed E-state index contributed by atoms with van der Waals surface area (Å²) in [5.41, 5.74) is 0.689. The summed E-state index contributed by atoms with van der Waals surface area (Å²) in [6.45, 7) is 13.5. The van der Waals surface area contributed by atoms with Crippen LogP contribution in [0.25, 0.3) is 0 Å². The van der Waals surface area contributed by atoms with E-state index in [4.69, 9.17) is 0 Å². The predicted molar refractivity (Wildman–Crippen MR) is 78.8 cm³/mol. The lowest BCUT2D eigenvalue weighted by Gasteiger charge is -2.50. The maximum Gasteiger partial charge on any atom is 0.000439 e. The quantitative estimate of drug-likeness (QED) is 0.827. The minimum Gasteiger partial charge on any atom is -0.316 e. The van der Waals surface area contributed by atoms with Gasteiger partial charge in [0.25, 0.3) is 0 Å². The molecular formula is C16H32N2. The van der Waals surface area contributed by atoms with Crippen LogP contribution in [0.5, 0.6) is 0 Å². The van der Waals surface area contributed by atoms with E-state index in [0.717, 1.165) is 11.8 Å². The lowest BCUT2D eigenvalue weighted by molar-refractivity contribution is 0.0148. The van der Waals surface area contributed by atoms with Crippen LogP contribution in [-0.2, 0) is 0 Å². The van der Waals surface area contributed by atoms with E-state index in [1.165, 1.54) is 64.8 Å². The minimum absolute atomic E-state index is 0.689. The van der Waals surface area contributed by atoms with Crippen LogP contribution in [0.4, 0.5) is 0 Å². The number of likely N-dealkylation sites (tertiary alicyclic amines) is 1. The molecule has 0 aromatic rings. The van der Waals surface area contributed by atoms with Crippen molar-refractivity contribution in [1.82, 2.24) is 10.2 Å². The van der Waals surface area contributed by atoms with Crippen LogP contribution in [0.1, 0.15) is 52.9 Å². The zero-order chi connectivity index (χ0) is 13.0. The van der Waals surface area contributed by atoms with Crippen LogP contribution in [0.15, 0.2) is 0 Å². The molecule has 2 heteroatoms. The fourth-order valence-electron chi connectivity index (χ4n) is 4.15. The predicted octanol–water partition coefficient (Wildman–Crippen LogP) is 3.13. The van der Waals surface area contributed by atoms with Gasteiger partial charge in [0.1, 0.15) is 0 Å². The van der Waals surface area contributed by atoms with Crippen molar-refractivity contribution in [2.75, 3.05) is 32.7 Å². The lowest BCUT2D eigenvalue weighted by atomic mass is 9.63. The fourth-order valence-corrected chi connectivity index (χ4v) is 4.15. The molecule has 2 nitrogen and oxygen atoms in total. The van der Waals surface area contributed by atoms with E-state index in [1.807, 2.05) is 0 Å². The van der Waals surface area contributed by atoms with Gasteiger partial charge in [-0.25, -0.2) is 0 Å². The molecule has 2 rings (SSSR count). The molecule has 2 fully saturated rings. The molecule has 0 amide bonds. The van der Waals surface area contributed by atoms with E-state index in [1.54, 1.807) is 0 Å². The molecule has 2 aliphatic heterocycles. The molecule has 0 aromatic heterocycles. The average molecular weight is 252 g/mol. The van der Waals surface area contributed by atoms with Crippen LogP contribution in [-0.4, -0.2) is 37.6 Å². The zero-order valence-electron chi connectivity index (χ0n) is 12.7. The van der Waals surface area contributed by atoms with Crippen molar-refractivity contribution in [1.29, 1.82) is 0 Å². The summed E-state index contributed by atoms with van der Waals surface area (Å²) in [6, 6.07) is 0. The molecule has 106 valence electrons. The van der Waals surface area contributed by atoms with Gasteiger partial charge >= 0.3 is 0 Å². The maximum absolute atomic E-state index is 3.62. The Bertz CT molecular complexity index is 239. The van der Waals surface area contributed by atoms with Gasteiger partial charge in [-0.1, -0.05) is 27.2 Å². The van der Waals surface area contributed by atoms with Crippen LogP contribution in [0, 0.1) is 17.3 Å². The van der Waals surface area contributed by atoms with Gasteiger partial charge in [-0.2, -0.15) is 0 Å². The summed E-state index contributed by atoms with van der Waals surface area (Å²) in [4.78, 5) is 2.70. The number of nitrogens with one attached hydrogen (secondary N) is 1. The molecule has 2 saturated heterocycles. The Hall–Kier alpha value is -0.0800. The second kappa shape index (κ2) is 6.38. The van der Waals surface area contributed by atoms with Gasteiger partial charge in [0.2, 0.25) is 0 Å². The van der Waals surface area contributed by atoms with E-state index < -0.39 is 0 Å². The Labute approximate surface area is 114 Å². The van der Waals surface area contributed by atoms with Crippen molar-refractivity contribution in [2.45, 2.75) is 52.9 Å². The molecule has 0 bridgehead atoms. The molecule has 1 N–H and O–H groups in total. The van der Waals surface area contributed by atoms with Gasteiger partial charge in [-0.05, 0) is 69.1 Å². The second-order valence-corrected chi connectivity index (χ2v) is 7.00. The molecule has 2 aliphatic rings. The van der Waals surface area contributed by atoms with E-state index in [0.29, 0.717) is 5.41 Å². The van der Waals surface area contributed by atoms with Gasteiger partial charge in [0.05, 0.1) is 0 Å². The number of nitrogens with zero attached hydrogens (tertiary/aromatic N) is 1. The molecule has 0 saturated carbocycles. The molecule has 18 heavy (non-hydrogen) atoms. The minimum atomic E-state index is 0.689. The maximum atomic E-state index is 3.62. The Morgan fingerprint density at radius 1 is 1.22 bits per heavy atom. The van der Waals surface area contributed by atoms with Crippen molar-refractivity contribution in [3.05, 3.63) is 0 Å². The van der Waals surface area contributed by atoms with Crippen LogP contribution in [0.2, 0.25) is 0 Å². The topological polar surface area (TPSA) is 15.3 Å². The first-order valence-electron chi connectivity index (χ1n) is 8.09. The van der Waals surface area contributed by atoms with Gasteiger partial charge in [-0.3, -0.25) is 0 Å². The first-order valence-corrected chi connectivity index (χ1v) is 8.09. The standard InChI is InChI=1S/C16H32N2/c1-4-5-15-12-17-9-6-16(15)7-10-18(11-8-16)13-14(2)3/h14-15,17H,4-13H2,1-3H3. The van der Waals surface area contributed by atoms with Crippen molar-refractivity contribution in [3.8, 4) is 0 Å². The largest absolute Gasteiger partial charge is 0.316 e. The highest BCUT2D eigenvalue weighted by atomic mass is 15.1. The molecule has 1 atom stereocenters. The average Bonchev–Trinajstić information content (AvgIpc) is 2.35. The zero-order valence-corrected chi connectivity index (χ0v) is 12.7. The van der Waals surface area contributed by atoms with Crippen molar-refractivity contribution in [3.63, 3.8) is 0 Å². The smallest absolute Gasteiger partial charge is 0.000439 e. The first kappa shape index (κ1) is 14.3. The summed E-state index contributed by atoms with van der Waals surface area (Å²) >= 11 is 0. The molecule has 1 spiro atoms. The molecule has 0 radical (unpaired) electrons. The highest BCUT2D eigenvalue weighted by Crippen LogP contribution is 2.45. The third-order valence-electron chi connectivity index (χ3n) is 5.17. The van der Waals surface area contributed by atoms with Gasteiger partial charge < -0.3 is 10.2 Å². The molecular weight excluding hydrogens is 220 g/mol. The highest BCUT2D eigenvalue weighted by molar-refractivity contribution is 4.95. The number of hydrogen-bond donors (Lipinski definition) is 1. The van der Waals surface area contributed by atoms with Gasteiger partial charge in [0, 0.05) is 6.54 Å². The van der Waals surface area contributed by atoms with Gasteiger partial charge in [0.15, 0.2) is 0 Å². The van der Waals surface area contributed by atoms with Crippen molar-refractivity contribution >= 4 is 0 Å². The summed E-state index contributed by atoms with van der Waals surface area (Å²) in [5.74, 6) is 1.76. The molecule has 1 unspecified atom stereocenters. The van der Waals surface area contributed by atoms with Gasteiger partial charge in [-0.15, -0.1) is 0 Å². The fraction of sp³-hybridized carbons (Fsp3) is 1.00. The second-order valence-electron chi connectivity index (χ2n) is 7.00. The third kappa shape index (κ3) is 3.27. The molecule has 2 heterocycles. The van der Waals surface area contributed by atoms with Crippen LogP contribution >= 0.6 is 0 Å². The first-order chi connectivity index (χ1) is 8.66. The monoisotopic (exact) mass is 252 g/mol. The van der Waals surface area contributed by atoms with Crippen LogP contribution in [0.3, 0.4) is 0 Å². The normalized spacial score (nSPS) is 29.0. The Balaban J connectivity index is 1.91. The van der Waals surface area contributed by atoms with E-state index in [9.17, 15) is 0 Å². The summed E-state index contributed by atoms with van der Waals surface area (Å²) in [5, 5.41) is 3.62. The third-order valence-corrected chi connectivity index (χ3v) is 5.17. The van der Waals surface area contributed by atoms with Crippen molar-refractivity contribution < 1.29 is 0 Å². The number of hydrogen-bond acceptors (Lipinski definition) is 2. The summed E-state index contributed by atoms with van der Waals surface area (Å²) < 4.78 is 0. The Morgan fingerprint density at radius 2 is 1.94 bits per heavy atom. The summed E-state index contributed by atoms with van der Waals surface area (Å²) in [6.07, 6.45) is 7.10. The van der Waals surface area contributed by atoms with E-state index >= 15 is 0 Å². The molecule has 0 aliphatic carbocycles. The number of rotatable bonds is 4. The van der Waals surface area contributed by atoms with Crippen LogP contribution < -0.4 is 5.32 Å². The Morgan fingerprint density at radius 3 is 2.56 bits per heavy atom. The Kier molecular flexibility index (Phi) is 5.08. The highest BCUT2D eigenvalue weighted by Gasteiger charge is 2.42. The van der Waals surface area contributed by atoms with E-state index in [2.05, 4.69) is 31.0 Å². The van der Waals surface area contributed by atoms with E-state index in [-0.39, 0.29) is 0 Å². The number of piperidine rings is 2. The SMILES string of the molecule is CCCC1CNCCC12CCN(CC(C)C)CC2. The molecule has 0 aromatic carbocycles. The summed E-state index contributed by atoms with van der Waals surface area (Å²) in [7, 11) is 0.